The molecule has 0 aliphatic rings. The summed E-state index contributed by atoms with van der Waals surface area (Å²) in [5.41, 5.74) is 1.26. The van der Waals surface area contributed by atoms with Gasteiger partial charge in [-0.1, -0.05) is 29.8 Å². The highest BCUT2D eigenvalue weighted by atomic mass is 35.5. The van der Waals surface area contributed by atoms with Crippen molar-refractivity contribution in [2.75, 3.05) is 5.32 Å². The van der Waals surface area contributed by atoms with Crippen LogP contribution >= 0.6 is 11.6 Å². The number of fused-ring (bicyclic) bond motifs is 1. The summed E-state index contributed by atoms with van der Waals surface area (Å²) in [6.07, 6.45) is 1.75. The molecule has 0 radical (unpaired) electrons. The average Bonchev–Trinajstić information content (AvgIpc) is 3.14. The van der Waals surface area contributed by atoms with E-state index in [1.165, 1.54) is 24.4 Å². The Morgan fingerprint density at radius 2 is 2.00 bits per heavy atom. The highest BCUT2D eigenvalue weighted by Crippen LogP contribution is 2.19. The minimum atomic E-state index is -0.560. The molecule has 0 aliphatic heterocycles. The second kappa shape index (κ2) is 7.84. The Kier molecular flexibility index (Phi) is 5.09. The first-order valence-electron chi connectivity index (χ1n) is 8.78. The quantitative estimate of drug-likeness (QED) is 0.526. The van der Waals surface area contributed by atoms with Crippen molar-refractivity contribution in [2.24, 2.45) is 0 Å². The molecular formula is C20H15ClFN5O2. The number of nitrogens with one attached hydrogen (secondary N) is 2. The molecule has 0 bridgehead atoms. The Bertz CT molecular complexity index is 1250. The van der Waals surface area contributed by atoms with Crippen molar-refractivity contribution in [1.29, 1.82) is 0 Å². The standard InChI is InChI=1S/C20H15ClFN5O2/c21-15-10-12(6-7-16(15)22)24-18(28)9-8-17-25-19-14(20(29)26-17)11-23-27(19)13-4-2-1-3-5-13/h1-7,10-11H,8-9H2,(H,24,28)(H,25,26,29). The smallest absolute Gasteiger partial charge is 0.262 e. The molecule has 0 fully saturated rings. The third-order valence-corrected chi connectivity index (χ3v) is 4.57. The van der Waals surface area contributed by atoms with Gasteiger partial charge in [-0.15, -0.1) is 0 Å². The molecule has 0 atom stereocenters. The summed E-state index contributed by atoms with van der Waals surface area (Å²) in [7, 11) is 0. The fraction of sp³-hybridized carbons (Fsp3) is 0.100. The molecular weight excluding hydrogens is 397 g/mol. The first-order chi connectivity index (χ1) is 14.0. The molecule has 4 aromatic rings. The summed E-state index contributed by atoms with van der Waals surface area (Å²) >= 11 is 5.71. The number of amides is 1. The largest absolute Gasteiger partial charge is 0.326 e. The van der Waals surface area contributed by atoms with Crippen molar-refractivity contribution >= 4 is 34.2 Å². The molecule has 4 rings (SSSR count). The van der Waals surface area contributed by atoms with Crippen molar-refractivity contribution < 1.29 is 9.18 Å². The Morgan fingerprint density at radius 1 is 1.21 bits per heavy atom. The number of para-hydroxylation sites is 1. The molecule has 0 unspecified atom stereocenters. The molecule has 0 saturated heterocycles. The predicted molar refractivity (Wildman–Crippen MR) is 108 cm³/mol. The van der Waals surface area contributed by atoms with E-state index in [9.17, 15) is 14.0 Å². The van der Waals surface area contributed by atoms with Crippen LogP contribution in [0.15, 0.2) is 59.5 Å². The summed E-state index contributed by atoms with van der Waals surface area (Å²) < 4.78 is 14.8. The van der Waals surface area contributed by atoms with E-state index >= 15 is 0 Å². The number of carbonyl (C=O) groups excluding carboxylic acids is 1. The minimum absolute atomic E-state index is 0.0723. The summed E-state index contributed by atoms with van der Waals surface area (Å²) in [6, 6.07) is 13.3. The number of hydrogen-bond acceptors (Lipinski definition) is 4. The van der Waals surface area contributed by atoms with Crippen molar-refractivity contribution in [3.05, 3.63) is 81.7 Å². The molecule has 9 heteroatoms. The molecule has 29 heavy (non-hydrogen) atoms. The number of aromatic amines is 1. The summed E-state index contributed by atoms with van der Waals surface area (Å²) in [6.45, 7) is 0. The lowest BCUT2D eigenvalue weighted by molar-refractivity contribution is -0.116. The van der Waals surface area contributed by atoms with E-state index in [1.807, 2.05) is 30.3 Å². The zero-order valence-electron chi connectivity index (χ0n) is 15.0. The number of nitrogens with zero attached hydrogens (tertiary/aromatic N) is 3. The fourth-order valence-corrected chi connectivity index (χ4v) is 3.05. The summed E-state index contributed by atoms with van der Waals surface area (Å²) in [5.74, 6) is -0.505. The minimum Gasteiger partial charge on any atom is -0.326 e. The van der Waals surface area contributed by atoms with Crippen LogP contribution < -0.4 is 10.9 Å². The van der Waals surface area contributed by atoms with Crippen LogP contribution in [0.1, 0.15) is 12.2 Å². The third-order valence-electron chi connectivity index (χ3n) is 4.28. The van der Waals surface area contributed by atoms with Crippen molar-refractivity contribution in [3.63, 3.8) is 0 Å². The van der Waals surface area contributed by atoms with Gasteiger partial charge in [-0.3, -0.25) is 9.59 Å². The van der Waals surface area contributed by atoms with E-state index in [0.717, 1.165) is 5.69 Å². The van der Waals surface area contributed by atoms with Crippen LogP contribution in [0.5, 0.6) is 0 Å². The molecule has 0 saturated carbocycles. The average molecular weight is 412 g/mol. The molecule has 146 valence electrons. The predicted octanol–water partition coefficient (Wildman–Crippen LogP) is 3.47. The Morgan fingerprint density at radius 3 is 2.76 bits per heavy atom. The van der Waals surface area contributed by atoms with E-state index in [4.69, 9.17) is 11.6 Å². The van der Waals surface area contributed by atoms with Crippen LogP contribution in [0.4, 0.5) is 10.1 Å². The van der Waals surface area contributed by atoms with Crippen molar-refractivity contribution in [3.8, 4) is 5.69 Å². The first-order valence-corrected chi connectivity index (χ1v) is 9.16. The number of H-pyrrole nitrogens is 1. The number of hydrogen-bond donors (Lipinski definition) is 2. The van der Waals surface area contributed by atoms with Gasteiger partial charge in [-0.2, -0.15) is 5.10 Å². The lowest BCUT2D eigenvalue weighted by Crippen LogP contribution is -2.16. The van der Waals surface area contributed by atoms with Gasteiger partial charge < -0.3 is 10.3 Å². The highest BCUT2D eigenvalue weighted by molar-refractivity contribution is 6.31. The number of aryl methyl sites for hydroxylation is 1. The van der Waals surface area contributed by atoms with Crippen molar-refractivity contribution in [2.45, 2.75) is 12.8 Å². The highest BCUT2D eigenvalue weighted by Gasteiger charge is 2.13. The summed E-state index contributed by atoms with van der Waals surface area (Å²) in [5, 5.41) is 7.17. The summed E-state index contributed by atoms with van der Waals surface area (Å²) in [4.78, 5) is 31.7. The molecule has 2 aromatic carbocycles. The van der Waals surface area contributed by atoms with Crippen LogP contribution in [0, 0.1) is 5.82 Å². The second-order valence-corrected chi connectivity index (χ2v) is 6.73. The molecule has 1 amide bonds. The van der Waals surface area contributed by atoms with Gasteiger partial charge in [-0.25, -0.2) is 14.1 Å². The Balaban J connectivity index is 1.53. The topological polar surface area (TPSA) is 92.7 Å². The van der Waals surface area contributed by atoms with Crippen LogP contribution in [0.2, 0.25) is 5.02 Å². The molecule has 2 heterocycles. The van der Waals surface area contributed by atoms with Crippen molar-refractivity contribution in [1.82, 2.24) is 19.7 Å². The number of benzene rings is 2. The maximum atomic E-state index is 13.2. The van der Waals surface area contributed by atoms with Gasteiger partial charge in [0, 0.05) is 18.5 Å². The normalized spacial score (nSPS) is 11.0. The molecule has 2 N–H and O–H groups in total. The first kappa shape index (κ1) is 18.8. The number of rotatable bonds is 5. The third kappa shape index (κ3) is 4.02. The van der Waals surface area contributed by atoms with Gasteiger partial charge >= 0.3 is 0 Å². The van der Waals surface area contributed by atoms with Gasteiger partial charge in [0.15, 0.2) is 5.65 Å². The van der Waals surface area contributed by atoms with E-state index in [0.29, 0.717) is 22.5 Å². The number of halogens is 2. The maximum Gasteiger partial charge on any atom is 0.262 e. The van der Waals surface area contributed by atoms with Gasteiger partial charge in [0.2, 0.25) is 5.91 Å². The van der Waals surface area contributed by atoms with Crippen LogP contribution in [-0.4, -0.2) is 25.7 Å². The number of aromatic nitrogens is 4. The molecule has 2 aromatic heterocycles. The van der Waals surface area contributed by atoms with Gasteiger partial charge in [-0.05, 0) is 30.3 Å². The fourth-order valence-electron chi connectivity index (χ4n) is 2.87. The van der Waals surface area contributed by atoms with Gasteiger partial charge in [0.1, 0.15) is 17.0 Å². The van der Waals surface area contributed by atoms with E-state index < -0.39 is 5.82 Å². The van der Waals surface area contributed by atoms with Gasteiger partial charge in [0.05, 0.1) is 16.9 Å². The molecule has 0 spiro atoms. The molecule has 0 aliphatic carbocycles. The second-order valence-electron chi connectivity index (χ2n) is 6.32. The lowest BCUT2D eigenvalue weighted by Gasteiger charge is -2.07. The Labute approximate surface area is 169 Å². The zero-order valence-corrected chi connectivity index (χ0v) is 15.8. The SMILES string of the molecule is O=C(CCc1nc2c(cnn2-c2ccccc2)c(=O)[nH]1)Nc1ccc(F)c(Cl)c1. The molecule has 7 nitrogen and oxygen atoms in total. The maximum absolute atomic E-state index is 13.2. The van der Waals surface area contributed by atoms with Crippen LogP contribution in [0.25, 0.3) is 16.7 Å². The lowest BCUT2D eigenvalue weighted by atomic mass is 10.2. The van der Waals surface area contributed by atoms with E-state index in [2.05, 4.69) is 20.4 Å². The van der Waals surface area contributed by atoms with E-state index in [-0.39, 0.29) is 29.3 Å². The van der Waals surface area contributed by atoms with Crippen LogP contribution in [0.3, 0.4) is 0 Å². The van der Waals surface area contributed by atoms with Crippen LogP contribution in [-0.2, 0) is 11.2 Å². The zero-order chi connectivity index (χ0) is 20.4. The Hall–Kier alpha value is -3.52. The monoisotopic (exact) mass is 411 g/mol. The van der Waals surface area contributed by atoms with Gasteiger partial charge in [0.25, 0.3) is 5.56 Å². The van der Waals surface area contributed by atoms with E-state index in [1.54, 1.807) is 4.68 Å². The number of carbonyl (C=O) groups is 1. The number of anilines is 1.